The summed E-state index contributed by atoms with van der Waals surface area (Å²) in [6.45, 7) is 1.55. The number of benzene rings is 2. The Morgan fingerprint density at radius 1 is 1.24 bits per heavy atom. The van der Waals surface area contributed by atoms with Crippen molar-refractivity contribution in [1.82, 2.24) is 15.2 Å². The number of aromatic nitrogens is 1. The standard InChI is InChI=1S/C26H31FN4O3/c1-31(2)12-4-11-29-26(33)15-5-7-18-22(13-15)30-24-19(25(28)32)9-8-17(23(18)24)20-14-16(34-3)6-10-21(20)27/h6,8-10,14-15,30H,4-5,7,11-13H2,1-3H3,(H2,28,32)(H,29,33). The van der Waals surface area contributed by atoms with Gasteiger partial charge in [0.25, 0.3) is 5.91 Å². The molecule has 0 saturated carbocycles. The maximum absolute atomic E-state index is 14.9. The van der Waals surface area contributed by atoms with E-state index in [1.54, 1.807) is 24.3 Å². The Bertz CT molecular complexity index is 1230. The molecule has 0 bridgehead atoms. The number of aryl methyl sites for hydroxylation is 1. The van der Waals surface area contributed by atoms with Crippen LogP contribution in [-0.2, 0) is 17.6 Å². The van der Waals surface area contributed by atoms with Crippen LogP contribution in [0.3, 0.4) is 0 Å². The fourth-order valence-electron chi connectivity index (χ4n) is 4.78. The van der Waals surface area contributed by atoms with Crippen LogP contribution in [0.4, 0.5) is 4.39 Å². The molecule has 34 heavy (non-hydrogen) atoms. The zero-order valence-corrected chi connectivity index (χ0v) is 19.8. The van der Waals surface area contributed by atoms with Crippen molar-refractivity contribution in [3.8, 4) is 16.9 Å². The molecule has 1 unspecified atom stereocenters. The first-order valence-corrected chi connectivity index (χ1v) is 11.5. The molecule has 0 fully saturated rings. The van der Waals surface area contributed by atoms with Crippen molar-refractivity contribution in [3.63, 3.8) is 0 Å². The summed E-state index contributed by atoms with van der Waals surface area (Å²) in [6, 6.07) is 7.95. The fraction of sp³-hybridized carbons (Fsp3) is 0.385. The van der Waals surface area contributed by atoms with Crippen LogP contribution in [0.1, 0.15) is 34.5 Å². The number of halogens is 1. The van der Waals surface area contributed by atoms with Gasteiger partial charge in [-0.05, 0) is 81.7 Å². The Labute approximate surface area is 198 Å². The first kappa shape index (κ1) is 23.8. The molecule has 2 aromatic carbocycles. The summed E-state index contributed by atoms with van der Waals surface area (Å²) in [5, 5.41) is 3.82. The molecule has 0 spiro atoms. The minimum Gasteiger partial charge on any atom is -0.497 e. The number of hydrogen-bond acceptors (Lipinski definition) is 4. The Morgan fingerprint density at radius 3 is 2.74 bits per heavy atom. The number of primary amides is 1. The van der Waals surface area contributed by atoms with Gasteiger partial charge in [-0.3, -0.25) is 9.59 Å². The number of nitrogens with zero attached hydrogens (tertiary/aromatic N) is 1. The number of carbonyl (C=O) groups excluding carboxylic acids is 2. The van der Waals surface area contributed by atoms with Crippen LogP contribution >= 0.6 is 0 Å². The Hall–Kier alpha value is -3.39. The van der Waals surface area contributed by atoms with Gasteiger partial charge in [-0.2, -0.15) is 0 Å². The van der Waals surface area contributed by atoms with Gasteiger partial charge in [0.2, 0.25) is 5.91 Å². The smallest absolute Gasteiger partial charge is 0.250 e. The number of carbonyl (C=O) groups is 2. The van der Waals surface area contributed by atoms with Crippen molar-refractivity contribution in [2.75, 3.05) is 34.3 Å². The molecule has 1 aromatic heterocycles. The van der Waals surface area contributed by atoms with Crippen molar-refractivity contribution in [2.24, 2.45) is 11.7 Å². The Balaban J connectivity index is 1.70. The second kappa shape index (κ2) is 9.85. The van der Waals surface area contributed by atoms with Gasteiger partial charge in [0, 0.05) is 29.1 Å². The van der Waals surface area contributed by atoms with Crippen LogP contribution in [0.25, 0.3) is 22.0 Å². The average Bonchev–Trinajstić information content (AvgIpc) is 3.20. The van der Waals surface area contributed by atoms with Crippen LogP contribution < -0.4 is 15.8 Å². The van der Waals surface area contributed by atoms with Gasteiger partial charge >= 0.3 is 0 Å². The van der Waals surface area contributed by atoms with Gasteiger partial charge in [0.05, 0.1) is 18.2 Å². The van der Waals surface area contributed by atoms with Gasteiger partial charge in [-0.25, -0.2) is 4.39 Å². The van der Waals surface area contributed by atoms with E-state index in [9.17, 15) is 14.0 Å². The first-order valence-electron chi connectivity index (χ1n) is 11.5. The van der Waals surface area contributed by atoms with Crippen molar-refractivity contribution < 1.29 is 18.7 Å². The van der Waals surface area contributed by atoms with Gasteiger partial charge in [-0.15, -0.1) is 0 Å². The highest BCUT2D eigenvalue weighted by Crippen LogP contribution is 2.40. The molecule has 1 aliphatic carbocycles. The molecule has 8 heteroatoms. The van der Waals surface area contributed by atoms with E-state index in [1.807, 2.05) is 14.1 Å². The Morgan fingerprint density at radius 2 is 2.03 bits per heavy atom. The van der Waals surface area contributed by atoms with Crippen LogP contribution in [0.2, 0.25) is 0 Å². The predicted octanol–water partition coefficient (Wildman–Crippen LogP) is 3.25. The van der Waals surface area contributed by atoms with Crippen molar-refractivity contribution >= 4 is 22.7 Å². The van der Waals surface area contributed by atoms with E-state index >= 15 is 0 Å². The SMILES string of the molecule is COc1ccc(F)c(-c2ccc(C(N)=O)c3[nH]c4c(c23)CCC(C(=O)NCCCN(C)C)C4)c1. The lowest BCUT2D eigenvalue weighted by Gasteiger charge is -2.22. The molecular weight excluding hydrogens is 435 g/mol. The zero-order valence-electron chi connectivity index (χ0n) is 19.8. The number of rotatable bonds is 8. The first-order chi connectivity index (χ1) is 16.3. The number of amides is 2. The number of hydrogen-bond donors (Lipinski definition) is 3. The third kappa shape index (κ3) is 4.63. The van der Waals surface area contributed by atoms with E-state index in [0.29, 0.717) is 53.8 Å². The number of methoxy groups -OCH3 is 1. The molecule has 0 radical (unpaired) electrons. The van der Waals surface area contributed by atoms with Gasteiger partial charge < -0.3 is 25.7 Å². The quantitative estimate of drug-likeness (QED) is 0.444. The number of nitrogens with one attached hydrogen (secondary N) is 2. The maximum atomic E-state index is 14.9. The van der Waals surface area contributed by atoms with Gasteiger partial charge in [0.15, 0.2) is 0 Å². The topological polar surface area (TPSA) is 100 Å². The number of aromatic amines is 1. The number of nitrogens with two attached hydrogens (primary N) is 1. The normalized spacial score (nSPS) is 15.4. The lowest BCUT2D eigenvalue weighted by atomic mass is 9.84. The fourth-order valence-corrected chi connectivity index (χ4v) is 4.78. The summed E-state index contributed by atoms with van der Waals surface area (Å²) < 4.78 is 20.2. The molecular formula is C26H31FN4O3. The second-order valence-electron chi connectivity index (χ2n) is 9.09. The third-order valence-electron chi connectivity index (χ3n) is 6.52. The largest absolute Gasteiger partial charge is 0.497 e. The minimum atomic E-state index is -0.559. The molecule has 0 saturated heterocycles. The van der Waals surface area contributed by atoms with Crippen LogP contribution in [0.15, 0.2) is 30.3 Å². The maximum Gasteiger partial charge on any atom is 0.250 e. The highest BCUT2D eigenvalue weighted by molar-refractivity contribution is 6.11. The van der Waals surface area contributed by atoms with E-state index in [1.165, 1.54) is 13.2 Å². The van der Waals surface area contributed by atoms with Crippen molar-refractivity contribution in [2.45, 2.75) is 25.7 Å². The lowest BCUT2D eigenvalue weighted by Crippen LogP contribution is -2.35. The summed E-state index contributed by atoms with van der Waals surface area (Å²) in [6.07, 6.45) is 2.74. The zero-order chi connectivity index (χ0) is 24.4. The second-order valence-corrected chi connectivity index (χ2v) is 9.09. The molecule has 3 aromatic rings. The molecule has 1 heterocycles. The summed E-state index contributed by atoms with van der Waals surface area (Å²) in [5.74, 6) is -0.517. The van der Waals surface area contributed by atoms with Crippen LogP contribution in [-0.4, -0.2) is 56.0 Å². The summed E-state index contributed by atoms with van der Waals surface area (Å²) in [7, 11) is 5.55. The van der Waals surface area contributed by atoms with E-state index in [2.05, 4.69) is 15.2 Å². The van der Waals surface area contributed by atoms with Gasteiger partial charge in [-0.1, -0.05) is 6.07 Å². The minimum absolute atomic E-state index is 0.0391. The van der Waals surface area contributed by atoms with E-state index in [0.717, 1.165) is 29.6 Å². The molecule has 180 valence electrons. The van der Waals surface area contributed by atoms with E-state index in [-0.39, 0.29) is 17.6 Å². The Kier molecular flexibility index (Phi) is 6.88. The van der Waals surface area contributed by atoms with E-state index < -0.39 is 5.91 Å². The molecule has 7 nitrogen and oxygen atoms in total. The molecule has 0 aliphatic heterocycles. The van der Waals surface area contributed by atoms with Crippen molar-refractivity contribution in [1.29, 1.82) is 0 Å². The summed E-state index contributed by atoms with van der Waals surface area (Å²) in [5.41, 5.74) is 9.54. The van der Waals surface area contributed by atoms with Crippen molar-refractivity contribution in [3.05, 3.63) is 53.0 Å². The monoisotopic (exact) mass is 466 g/mol. The molecule has 4 rings (SSSR count). The molecule has 4 N–H and O–H groups in total. The average molecular weight is 467 g/mol. The van der Waals surface area contributed by atoms with Gasteiger partial charge in [0.1, 0.15) is 11.6 Å². The highest BCUT2D eigenvalue weighted by atomic mass is 19.1. The summed E-state index contributed by atoms with van der Waals surface area (Å²) in [4.78, 5) is 30.4. The number of H-pyrrole nitrogens is 1. The van der Waals surface area contributed by atoms with Crippen LogP contribution in [0, 0.1) is 11.7 Å². The van der Waals surface area contributed by atoms with Crippen LogP contribution in [0.5, 0.6) is 5.75 Å². The predicted molar refractivity (Wildman–Crippen MR) is 130 cm³/mol. The molecule has 1 aliphatic rings. The molecule has 2 amide bonds. The molecule has 1 atom stereocenters. The highest BCUT2D eigenvalue weighted by Gasteiger charge is 2.29. The lowest BCUT2D eigenvalue weighted by molar-refractivity contribution is -0.125. The number of ether oxygens (including phenoxy) is 1. The number of fused-ring (bicyclic) bond motifs is 3. The van der Waals surface area contributed by atoms with E-state index in [4.69, 9.17) is 10.5 Å². The third-order valence-corrected chi connectivity index (χ3v) is 6.52. The summed E-state index contributed by atoms with van der Waals surface area (Å²) >= 11 is 0.